The van der Waals surface area contributed by atoms with E-state index in [0.717, 1.165) is 0 Å². The van der Waals surface area contributed by atoms with Gasteiger partial charge in [0.1, 0.15) is 6.04 Å². The Balaban J connectivity index is 4.02. The smallest absolute Gasteiger partial charge is 0.323 e. The van der Waals surface area contributed by atoms with Gasteiger partial charge < -0.3 is 10.5 Å². The highest BCUT2D eigenvalue weighted by atomic mass is 35.5. The minimum Gasteiger partial charge on any atom is -0.468 e. The van der Waals surface area contributed by atoms with Crippen LogP contribution in [-0.4, -0.2) is 31.0 Å². The highest BCUT2D eigenvalue weighted by Crippen LogP contribution is 1.94. The maximum atomic E-state index is 10.9. The van der Waals surface area contributed by atoms with E-state index in [1.54, 1.807) is 0 Å². The molecule has 0 radical (unpaired) electrons. The number of alkyl halides is 1. The molecular weight excluding hydrogens is 184 g/mol. The lowest BCUT2D eigenvalue weighted by Gasteiger charge is -2.11. The lowest BCUT2D eigenvalue weighted by Crippen LogP contribution is -2.40. The molecule has 70 valence electrons. The zero-order valence-electron chi connectivity index (χ0n) is 6.67. The van der Waals surface area contributed by atoms with Crippen molar-refractivity contribution in [2.24, 2.45) is 5.73 Å². The molecule has 0 aromatic carbocycles. The normalized spacial score (nSPS) is 12.2. The molecule has 0 spiro atoms. The Morgan fingerprint density at radius 3 is 2.58 bits per heavy atom. The lowest BCUT2D eigenvalue weighted by atomic mass is 10.2. The molecule has 1 amide bonds. The van der Waals surface area contributed by atoms with Crippen LogP contribution < -0.4 is 11.1 Å². The largest absolute Gasteiger partial charge is 0.468 e. The first-order chi connectivity index (χ1) is 5.61. The van der Waals surface area contributed by atoms with Crippen molar-refractivity contribution >= 4 is 23.5 Å². The van der Waals surface area contributed by atoms with Gasteiger partial charge in [0.25, 0.3) is 0 Å². The van der Waals surface area contributed by atoms with Crippen molar-refractivity contribution in [3.8, 4) is 0 Å². The van der Waals surface area contributed by atoms with E-state index in [2.05, 4.69) is 10.1 Å². The minimum atomic E-state index is -0.745. The number of amides is 1. The number of methoxy groups -OCH3 is 1. The molecule has 0 aromatic heterocycles. The number of nitrogens with one attached hydrogen (secondary N) is 1. The molecule has 0 aromatic rings. The molecule has 0 aliphatic heterocycles. The maximum absolute atomic E-state index is 10.9. The van der Waals surface area contributed by atoms with Crippen molar-refractivity contribution in [3.05, 3.63) is 0 Å². The third-order valence-corrected chi connectivity index (χ3v) is 1.37. The first kappa shape index (κ1) is 11.2. The van der Waals surface area contributed by atoms with Gasteiger partial charge in [-0.05, 0) is 0 Å². The van der Waals surface area contributed by atoms with Crippen molar-refractivity contribution in [1.82, 2.24) is 5.32 Å². The predicted octanol–water partition coefficient (Wildman–Crippen LogP) is -0.811. The fraction of sp³-hybridized carbons (Fsp3) is 0.667. The summed E-state index contributed by atoms with van der Waals surface area (Å²) in [6, 6.07) is -0.683. The Bertz CT molecular complexity index is 174. The Morgan fingerprint density at radius 2 is 2.25 bits per heavy atom. The van der Waals surface area contributed by atoms with Gasteiger partial charge in [0.05, 0.1) is 19.5 Å². The van der Waals surface area contributed by atoms with Crippen LogP contribution >= 0.6 is 11.6 Å². The third-order valence-electron chi connectivity index (χ3n) is 1.21. The summed E-state index contributed by atoms with van der Waals surface area (Å²) in [6.07, 6.45) is -0.112. The average Bonchev–Trinajstić information content (AvgIpc) is 2.01. The number of nitrogens with two attached hydrogens (primary N) is 1. The summed E-state index contributed by atoms with van der Waals surface area (Å²) in [4.78, 5) is 21.3. The van der Waals surface area contributed by atoms with Gasteiger partial charge in [0.2, 0.25) is 5.91 Å². The molecule has 0 rings (SSSR count). The Kier molecular flexibility index (Phi) is 5.40. The Hall–Kier alpha value is -0.810. The SMILES string of the molecule is COC(=O)[C@H](CC(N)=O)NCCl. The molecule has 0 unspecified atom stereocenters. The molecule has 1 atom stereocenters. The maximum Gasteiger partial charge on any atom is 0.323 e. The number of ether oxygens (including phenoxy) is 1. The van der Waals surface area contributed by atoms with Crippen LogP contribution in [0.15, 0.2) is 0 Å². The van der Waals surface area contributed by atoms with Crippen LogP contribution in [0.4, 0.5) is 0 Å². The summed E-state index contributed by atoms with van der Waals surface area (Å²) in [5.74, 6) is -1.13. The molecule has 0 aliphatic carbocycles. The van der Waals surface area contributed by atoms with Crippen molar-refractivity contribution in [2.45, 2.75) is 12.5 Å². The number of hydrogen-bond acceptors (Lipinski definition) is 4. The van der Waals surface area contributed by atoms with Crippen LogP contribution in [0.2, 0.25) is 0 Å². The van der Waals surface area contributed by atoms with Gasteiger partial charge >= 0.3 is 5.97 Å². The summed E-state index contributed by atoms with van der Waals surface area (Å²) >= 11 is 5.31. The summed E-state index contributed by atoms with van der Waals surface area (Å²) in [5.41, 5.74) is 4.89. The van der Waals surface area contributed by atoms with Crippen LogP contribution in [0, 0.1) is 0 Å². The molecule has 6 heteroatoms. The number of halogens is 1. The second-order valence-electron chi connectivity index (χ2n) is 2.08. The molecular formula is C6H11ClN2O3. The zero-order valence-corrected chi connectivity index (χ0v) is 7.43. The summed E-state index contributed by atoms with van der Waals surface area (Å²) in [5, 5.41) is 2.55. The molecule has 0 bridgehead atoms. The van der Waals surface area contributed by atoms with Gasteiger partial charge in [-0.1, -0.05) is 0 Å². The quantitative estimate of drug-likeness (QED) is 0.341. The Morgan fingerprint density at radius 1 is 1.67 bits per heavy atom. The summed E-state index contributed by atoms with van der Waals surface area (Å²) in [7, 11) is 1.23. The van der Waals surface area contributed by atoms with Crippen molar-refractivity contribution < 1.29 is 14.3 Å². The number of carbonyl (C=O) groups is 2. The first-order valence-electron chi connectivity index (χ1n) is 3.27. The van der Waals surface area contributed by atoms with Crippen LogP contribution in [0.25, 0.3) is 0 Å². The monoisotopic (exact) mass is 194 g/mol. The van der Waals surface area contributed by atoms with E-state index in [9.17, 15) is 9.59 Å². The lowest BCUT2D eigenvalue weighted by molar-refractivity contribution is -0.144. The second-order valence-corrected chi connectivity index (χ2v) is 2.35. The molecule has 5 nitrogen and oxygen atoms in total. The highest BCUT2D eigenvalue weighted by Gasteiger charge is 2.19. The molecule has 0 aliphatic rings. The molecule has 0 saturated heterocycles. The standard InChI is InChI=1S/C6H11ClN2O3/c1-12-6(11)4(9-3-7)2-5(8)10/h4,9H,2-3H2,1H3,(H2,8,10)/t4-/m0/s1. The number of primary amides is 1. The van der Waals surface area contributed by atoms with Gasteiger partial charge in [-0.3, -0.25) is 14.9 Å². The van der Waals surface area contributed by atoms with Gasteiger partial charge in [0.15, 0.2) is 0 Å². The molecule has 0 heterocycles. The topological polar surface area (TPSA) is 81.4 Å². The van der Waals surface area contributed by atoms with E-state index in [0.29, 0.717) is 0 Å². The third kappa shape index (κ3) is 4.15. The first-order valence-corrected chi connectivity index (χ1v) is 3.80. The predicted molar refractivity (Wildman–Crippen MR) is 43.5 cm³/mol. The van der Waals surface area contributed by atoms with Gasteiger partial charge in [-0.15, -0.1) is 11.6 Å². The Labute approximate surface area is 75.2 Å². The van der Waals surface area contributed by atoms with Crippen molar-refractivity contribution in [1.29, 1.82) is 0 Å². The summed E-state index contributed by atoms with van der Waals surface area (Å²) in [6.45, 7) is 0. The number of hydrogen-bond donors (Lipinski definition) is 2. The van der Waals surface area contributed by atoms with E-state index in [1.807, 2.05) is 0 Å². The van der Waals surface area contributed by atoms with E-state index in [1.165, 1.54) is 7.11 Å². The molecule has 0 saturated carbocycles. The van der Waals surface area contributed by atoms with Crippen LogP contribution in [-0.2, 0) is 14.3 Å². The highest BCUT2D eigenvalue weighted by molar-refractivity contribution is 6.17. The van der Waals surface area contributed by atoms with E-state index in [4.69, 9.17) is 17.3 Å². The van der Waals surface area contributed by atoms with Crippen molar-refractivity contribution in [3.63, 3.8) is 0 Å². The molecule has 0 fully saturated rings. The molecule has 3 N–H and O–H groups in total. The van der Waals surface area contributed by atoms with Crippen LogP contribution in [0.5, 0.6) is 0 Å². The average molecular weight is 195 g/mol. The van der Waals surface area contributed by atoms with E-state index < -0.39 is 17.9 Å². The van der Waals surface area contributed by atoms with Gasteiger partial charge in [-0.25, -0.2) is 0 Å². The number of rotatable bonds is 5. The fourth-order valence-electron chi connectivity index (χ4n) is 0.675. The van der Waals surface area contributed by atoms with Crippen LogP contribution in [0.3, 0.4) is 0 Å². The summed E-state index contributed by atoms with van der Waals surface area (Å²) < 4.78 is 4.40. The van der Waals surface area contributed by atoms with E-state index >= 15 is 0 Å². The second kappa shape index (κ2) is 5.79. The van der Waals surface area contributed by atoms with Crippen molar-refractivity contribution in [2.75, 3.05) is 13.1 Å². The van der Waals surface area contributed by atoms with E-state index in [-0.39, 0.29) is 12.4 Å². The minimum absolute atomic E-state index is 0.0625. The molecule has 12 heavy (non-hydrogen) atoms. The van der Waals surface area contributed by atoms with Gasteiger partial charge in [-0.2, -0.15) is 0 Å². The zero-order chi connectivity index (χ0) is 9.56. The van der Waals surface area contributed by atoms with Crippen LogP contribution in [0.1, 0.15) is 6.42 Å². The number of esters is 1. The fourth-order valence-corrected chi connectivity index (χ4v) is 0.862. The number of carbonyl (C=O) groups excluding carboxylic acids is 2. The van der Waals surface area contributed by atoms with Gasteiger partial charge in [0, 0.05) is 0 Å².